The number of aliphatic hydroxyl groups excluding tert-OH is 1. The summed E-state index contributed by atoms with van der Waals surface area (Å²) in [5.41, 5.74) is 0. The van der Waals surface area contributed by atoms with E-state index in [-0.39, 0.29) is 80.9 Å². The average molecular weight is 1380 g/mol. The van der Waals surface area contributed by atoms with Gasteiger partial charge in [-0.05, 0) is 94.3 Å². The van der Waals surface area contributed by atoms with Gasteiger partial charge in [0, 0.05) is 131 Å². The second-order valence-corrected chi connectivity index (χ2v) is 31.3. The molecule has 3 fully saturated rings. The normalized spacial score (nSPS) is 28.4. The minimum Gasteiger partial charge on any atom is -0.390 e. The third kappa shape index (κ3) is 23.5. The topological polar surface area (TPSA) is 258 Å². The van der Waals surface area contributed by atoms with Gasteiger partial charge in [0.05, 0.1) is 31.4 Å². The van der Waals surface area contributed by atoms with Crippen LogP contribution in [0, 0.1) is 59.2 Å². The fourth-order valence-electron chi connectivity index (χ4n) is 14.3. The second kappa shape index (κ2) is 40.1. The molecule has 0 spiro atoms. The Morgan fingerprint density at radius 2 is 1.01 bits per heavy atom. The van der Waals surface area contributed by atoms with Crippen molar-refractivity contribution in [3.05, 3.63) is 12.2 Å². The summed E-state index contributed by atoms with van der Waals surface area (Å²) in [6.07, 6.45) is 6.00. The lowest BCUT2D eigenvalue weighted by atomic mass is 9.83. The van der Waals surface area contributed by atoms with E-state index < -0.39 is 149 Å². The number of nitrogens with one attached hydrogen (secondary N) is 1. The Balaban J connectivity index is 2.29. The van der Waals surface area contributed by atoms with E-state index in [0.717, 1.165) is 31.1 Å². The minimum absolute atomic E-state index is 0.0160. The lowest BCUT2D eigenvalue weighted by Gasteiger charge is -2.43. The number of ether oxygens (including phenoxy) is 1. The highest BCUT2D eigenvalue weighted by atomic mass is 16.5. The van der Waals surface area contributed by atoms with E-state index in [1.165, 1.54) is 97.9 Å². The summed E-state index contributed by atoms with van der Waals surface area (Å²) in [6, 6.07) is -9.11. The van der Waals surface area contributed by atoms with Gasteiger partial charge in [-0.15, -0.1) is 0 Å². The zero-order valence-electron chi connectivity index (χ0n) is 64.8. The molecule has 0 radical (unpaired) electrons. The third-order valence-electron chi connectivity index (χ3n) is 21.2. The van der Waals surface area contributed by atoms with Gasteiger partial charge in [0.1, 0.15) is 42.0 Å². The number of hydrogen-bond donors (Lipinski definition) is 2. The zero-order valence-corrected chi connectivity index (χ0v) is 64.8. The molecule has 560 valence electrons. The average Bonchev–Trinajstić information content (AvgIpc) is 0.810. The molecule has 0 aromatic rings. The largest absolute Gasteiger partial charge is 0.390 e. The smallest absolute Gasteiger partial charge is 0.246 e. The molecule has 0 unspecified atom stereocenters. The summed E-state index contributed by atoms with van der Waals surface area (Å²) in [4.78, 5) is 179. The monoisotopic (exact) mass is 1380 g/mol. The third-order valence-corrected chi connectivity index (χ3v) is 21.2. The lowest BCUT2D eigenvalue weighted by molar-refractivity contribution is -0.157. The van der Waals surface area contributed by atoms with Crippen LogP contribution in [-0.4, -0.2) is 270 Å². The summed E-state index contributed by atoms with van der Waals surface area (Å²) in [7, 11) is 10.3. The number of piperazine rings is 1. The van der Waals surface area contributed by atoms with Gasteiger partial charge in [-0.1, -0.05) is 122 Å². The van der Waals surface area contributed by atoms with E-state index >= 15 is 33.6 Å². The quantitative estimate of drug-likeness (QED) is 0.0949. The number of carbonyl (C=O) groups excluding carboxylic acids is 11. The minimum atomic E-state index is -1.62. The van der Waals surface area contributed by atoms with Crippen LogP contribution in [0.25, 0.3) is 0 Å². The second-order valence-electron chi connectivity index (χ2n) is 31.3. The number of carbonyl (C=O) groups is 11. The predicted octanol–water partition coefficient (Wildman–Crippen LogP) is 6.71. The number of rotatable bonds is 20. The number of aliphatic hydroxyl groups is 1. The molecule has 23 heteroatoms. The Hall–Kier alpha value is -5.65. The number of likely N-dealkylation sites (N-methyl/N-ethyl adjacent to an activating group) is 7. The maximum Gasteiger partial charge on any atom is 0.246 e. The van der Waals surface area contributed by atoms with Gasteiger partial charge in [0.2, 0.25) is 47.3 Å². The van der Waals surface area contributed by atoms with Crippen molar-refractivity contribution in [1.29, 1.82) is 0 Å². The first-order valence-corrected chi connectivity index (χ1v) is 36.8. The van der Waals surface area contributed by atoms with Crippen molar-refractivity contribution in [2.45, 2.75) is 249 Å². The van der Waals surface area contributed by atoms with Crippen molar-refractivity contribution in [2.75, 3.05) is 95.3 Å². The molecule has 0 aromatic carbocycles. The SMILES string of the molecule is C/C=C/C[C@@H](C)[C@@H](O)[C@H]1C(=O)N[C@@H](CC)C(=O)N(C)[C@H](C)C(=O)N(C)[C@@H]([C@H](C)COCCN2CCN(C3CCC3)CC2)C(=O)C[C@@H](C(C)C)C(=O)N(C)[C@@H](CC(C)C)C(=O)C[C@@H](C)C(=O)C[C@H](C)C(=O)N(C)[C@@H](CC(C)C)C(=O)N(C)[C@@H](CC(C)C)C(=O)N(C)[C@@H](C(C)C)C(=O)N1C. The van der Waals surface area contributed by atoms with Crippen LogP contribution in [0.5, 0.6) is 0 Å². The first-order valence-electron chi connectivity index (χ1n) is 36.8. The Morgan fingerprint density at radius 1 is 0.520 bits per heavy atom. The number of nitrogens with zero attached hydrogens (tertiary/aromatic N) is 9. The molecule has 2 heterocycles. The molecule has 3 aliphatic rings. The van der Waals surface area contributed by atoms with E-state index in [1.54, 1.807) is 54.7 Å². The summed E-state index contributed by atoms with van der Waals surface area (Å²) in [6.45, 7) is 35.3. The number of ketones is 3. The first kappa shape index (κ1) is 86.6. The van der Waals surface area contributed by atoms with Crippen LogP contribution in [0.15, 0.2) is 12.2 Å². The molecule has 8 amide bonds. The fourth-order valence-corrected chi connectivity index (χ4v) is 14.3. The van der Waals surface area contributed by atoms with Gasteiger partial charge in [-0.2, -0.15) is 0 Å². The molecule has 0 bridgehead atoms. The van der Waals surface area contributed by atoms with E-state index in [1.807, 2.05) is 75.3 Å². The number of Topliss-reactive ketones (excluding diaryl/α,β-unsaturated/α-hetero) is 3. The predicted molar refractivity (Wildman–Crippen MR) is 383 cm³/mol. The van der Waals surface area contributed by atoms with Crippen LogP contribution < -0.4 is 5.32 Å². The van der Waals surface area contributed by atoms with Crippen LogP contribution >= 0.6 is 0 Å². The van der Waals surface area contributed by atoms with Crippen molar-refractivity contribution in [2.24, 2.45) is 59.2 Å². The van der Waals surface area contributed by atoms with Crippen molar-refractivity contribution in [3.8, 4) is 0 Å². The standard InChI is InChI=1S/C75H132N10O13/c1-25-27-29-50(13)67(89)66-68(90)76-57(26-2)72(94)77(18)54(17)70(92)82(23)65(53(16)44-98-37-36-84-32-34-85(35-33-84)55-30-28-31-55)63(88)43-56(48(9)10)71(93)78(19)58(38-45(3)4)62(87)41-51(14)61(86)42-52(15)69(91)79(20)59(39-46(5)6)73(95)80(21)60(40-47(7)8)74(96)81(22)64(49(11)12)75(97)83(66)24/h25,27,45-60,64-67,89H,26,28-44H2,1-24H3,(H,76,90)/b27-25+/t50-,51-,52+,53-,54-,56+,57+,58+,59+,60+,64+,65+,66+,67-/m1/s1. The summed E-state index contributed by atoms with van der Waals surface area (Å²) >= 11 is 0. The molecule has 0 aromatic heterocycles. The van der Waals surface area contributed by atoms with Crippen molar-refractivity contribution >= 4 is 64.6 Å². The molecule has 1 saturated carbocycles. The van der Waals surface area contributed by atoms with E-state index in [4.69, 9.17) is 4.74 Å². The lowest BCUT2D eigenvalue weighted by Crippen LogP contribution is -2.63. The van der Waals surface area contributed by atoms with Gasteiger partial charge in [0.15, 0.2) is 11.6 Å². The van der Waals surface area contributed by atoms with Crippen LogP contribution in [0.3, 0.4) is 0 Å². The fraction of sp³-hybridized carbons (Fsp3) is 0.827. The van der Waals surface area contributed by atoms with E-state index in [9.17, 15) is 24.3 Å². The summed E-state index contributed by atoms with van der Waals surface area (Å²) < 4.78 is 6.34. The molecule has 3 rings (SSSR count). The van der Waals surface area contributed by atoms with Gasteiger partial charge in [-0.25, -0.2) is 0 Å². The highest BCUT2D eigenvalue weighted by molar-refractivity contribution is 6.00. The van der Waals surface area contributed by atoms with Crippen LogP contribution in [-0.2, 0) is 57.5 Å². The molecule has 2 aliphatic heterocycles. The Morgan fingerprint density at radius 3 is 1.50 bits per heavy atom. The molecule has 2 saturated heterocycles. The van der Waals surface area contributed by atoms with Gasteiger partial charge in [0.25, 0.3) is 0 Å². The van der Waals surface area contributed by atoms with Gasteiger partial charge in [-0.3, -0.25) is 62.5 Å². The molecule has 23 nitrogen and oxygen atoms in total. The number of amides is 8. The van der Waals surface area contributed by atoms with Crippen LogP contribution in [0.4, 0.5) is 0 Å². The highest BCUT2D eigenvalue weighted by Crippen LogP contribution is 2.31. The Labute approximate surface area is 589 Å². The van der Waals surface area contributed by atoms with E-state index in [0.29, 0.717) is 25.6 Å². The number of allylic oxidation sites excluding steroid dienone is 2. The van der Waals surface area contributed by atoms with Crippen molar-refractivity contribution in [3.63, 3.8) is 0 Å². The zero-order chi connectivity index (χ0) is 74.7. The molecule has 98 heavy (non-hydrogen) atoms. The number of hydrogen-bond acceptors (Lipinski definition) is 15. The first-order chi connectivity index (χ1) is 45.7. The molecular formula is C75H132N10O13. The molecular weight excluding hydrogens is 1250 g/mol. The van der Waals surface area contributed by atoms with E-state index in [2.05, 4.69) is 15.1 Å². The van der Waals surface area contributed by atoms with Gasteiger partial charge < -0.3 is 49.5 Å². The summed E-state index contributed by atoms with van der Waals surface area (Å²) in [5, 5.41) is 15.1. The van der Waals surface area contributed by atoms with Crippen LogP contribution in [0.1, 0.15) is 188 Å². The maximum atomic E-state index is 15.3. The van der Waals surface area contributed by atoms with Gasteiger partial charge >= 0.3 is 0 Å². The van der Waals surface area contributed by atoms with Crippen molar-refractivity contribution < 1.29 is 62.6 Å². The Bertz CT molecular complexity index is 2690. The Kier molecular flexibility index (Phi) is 35.4. The maximum absolute atomic E-state index is 15.3. The van der Waals surface area contributed by atoms with Crippen LogP contribution in [0.2, 0.25) is 0 Å². The highest BCUT2D eigenvalue weighted by Gasteiger charge is 2.47. The summed E-state index contributed by atoms with van der Waals surface area (Å²) in [5.74, 6) is -11.5. The van der Waals surface area contributed by atoms with Crippen molar-refractivity contribution in [1.82, 2.24) is 49.4 Å². The molecule has 2 N–H and O–H groups in total. The molecule has 14 atom stereocenters. The molecule has 1 aliphatic carbocycles.